The molecule has 3 aliphatic heterocycles. The van der Waals surface area contributed by atoms with Crippen LogP contribution in [0.2, 0.25) is 0 Å². The highest BCUT2D eigenvalue weighted by Gasteiger charge is 2.47. The number of benzene rings is 1. The highest BCUT2D eigenvalue weighted by Crippen LogP contribution is 2.44. The Morgan fingerprint density at radius 3 is 2.76 bits per heavy atom. The Bertz CT molecular complexity index is 1540. The minimum absolute atomic E-state index is 0.0372. The fraction of sp³-hybridized carbons (Fsp3) is 0.370. The van der Waals surface area contributed by atoms with Gasteiger partial charge in [-0.1, -0.05) is 18.2 Å². The van der Waals surface area contributed by atoms with Crippen molar-refractivity contribution >= 4 is 23.0 Å². The lowest BCUT2D eigenvalue weighted by Gasteiger charge is -2.39. The Kier molecular flexibility index (Phi) is 5.31. The van der Waals surface area contributed by atoms with Gasteiger partial charge in [0, 0.05) is 49.2 Å². The van der Waals surface area contributed by atoms with Gasteiger partial charge in [-0.3, -0.25) is 9.36 Å². The number of nitrogens with zero attached hydrogens (tertiary/aromatic N) is 7. The number of fused-ring (bicyclic) bond motifs is 6. The summed E-state index contributed by atoms with van der Waals surface area (Å²) in [6.07, 6.45) is 3.57. The number of para-hydroxylation sites is 1. The summed E-state index contributed by atoms with van der Waals surface area (Å²) in [5.41, 5.74) is 3.71. The summed E-state index contributed by atoms with van der Waals surface area (Å²) in [6.45, 7) is 4.59. The fourth-order valence-electron chi connectivity index (χ4n) is 5.86. The topological polar surface area (TPSA) is 119 Å². The first-order valence-corrected chi connectivity index (χ1v) is 12.7. The van der Waals surface area contributed by atoms with E-state index in [1.54, 1.807) is 17.3 Å². The summed E-state index contributed by atoms with van der Waals surface area (Å²) in [5, 5.41) is 9.19. The number of rotatable bonds is 3. The number of amides is 1. The zero-order valence-electron chi connectivity index (χ0n) is 20.9. The van der Waals surface area contributed by atoms with Crippen molar-refractivity contribution in [2.75, 3.05) is 44.4 Å². The van der Waals surface area contributed by atoms with E-state index in [-0.39, 0.29) is 11.9 Å². The smallest absolute Gasteiger partial charge is 0.248 e. The molecule has 1 amide bonds. The summed E-state index contributed by atoms with van der Waals surface area (Å²) in [7, 11) is 0. The third-order valence-corrected chi connectivity index (χ3v) is 7.73. The van der Waals surface area contributed by atoms with Gasteiger partial charge >= 0.3 is 0 Å². The number of hydrogen-bond acceptors (Lipinski definition) is 9. The van der Waals surface area contributed by atoms with Crippen molar-refractivity contribution in [2.45, 2.75) is 25.1 Å². The summed E-state index contributed by atoms with van der Waals surface area (Å²) in [4.78, 5) is 34.8. The van der Waals surface area contributed by atoms with Crippen LogP contribution in [-0.4, -0.2) is 85.9 Å². The number of anilines is 1. The molecule has 3 aliphatic rings. The first kappa shape index (κ1) is 23.1. The molecule has 2 atom stereocenters. The highest BCUT2D eigenvalue weighted by atomic mass is 16.5. The molecule has 194 valence electrons. The average Bonchev–Trinajstić information content (AvgIpc) is 3.52. The minimum Gasteiger partial charge on any atom is -0.490 e. The molecule has 11 nitrogen and oxygen atoms in total. The van der Waals surface area contributed by atoms with Crippen LogP contribution in [0.15, 0.2) is 48.8 Å². The van der Waals surface area contributed by atoms with Crippen molar-refractivity contribution in [1.82, 2.24) is 29.4 Å². The number of carbonyl (C=O) groups excluding carboxylic acids is 1. The molecule has 7 rings (SSSR count). The molecule has 38 heavy (non-hydrogen) atoms. The predicted molar refractivity (Wildman–Crippen MR) is 138 cm³/mol. The maximum atomic E-state index is 11.9. The third kappa shape index (κ3) is 3.46. The Balaban J connectivity index is 1.21. The largest absolute Gasteiger partial charge is 0.490 e. The first-order chi connectivity index (χ1) is 18.6. The molecule has 4 aromatic rings. The molecule has 1 fully saturated rings. The summed E-state index contributed by atoms with van der Waals surface area (Å²) >= 11 is 0. The molecule has 0 aliphatic carbocycles. The van der Waals surface area contributed by atoms with E-state index in [0.717, 1.165) is 39.6 Å². The van der Waals surface area contributed by atoms with Crippen LogP contribution in [0.3, 0.4) is 0 Å². The maximum absolute atomic E-state index is 11.9. The van der Waals surface area contributed by atoms with Crippen LogP contribution in [0, 0.1) is 0 Å². The van der Waals surface area contributed by atoms with Gasteiger partial charge < -0.3 is 24.4 Å². The molecular weight excluding hydrogens is 486 g/mol. The van der Waals surface area contributed by atoms with Gasteiger partial charge in [0.05, 0.1) is 12.3 Å². The molecule has 11 heteroatoms. The van der Waals surface area contributed by atoms with Crippen LogP contribution in [0.1, 0.15) is 18.3 Å². The Labute approximate surface area is 218 Å². The van der Waals surface area contributed by atoms with Gasteiger partial charge in [-0.05, 0) is 25.1 Å². The van der Waals surface area contributed by atoms with Gasteiger partial charge in [-0.15, -0.1) is 0 Å². The number of hydrogen-bond donors (Lipinski definition) is 1. The van der Waals surface area contributed by atoms with Crippen LogP contribution in [-0.2, 0) is 21.7 Å². The second-order valence-corrected chi connectivity index (χ2v) is 10.0. The standard InChI is InChI=1S/C27H27N7O4/c1-17-12-32(8-9-33(17)24(36)13-35)26-28-10-18(11-29-26)20-6-7-21-25(31-20)34-23(30-21)14-37-15-27(34)16-38-22-5-3-2-4-19(22)27/h2-7,10-11,17,35H,8-9,12-16H2,1H3/t17-,27-/m0/s1. The van der Waals surface area contributed by atoms with Crippen LogP contribution in [0.5, 0.6) is 5.75 Å². The molecule has 1 aromatic carbocycles. The Hall–Kier alpha value is -4.09. The molecule has 0 unspecified atom stereocenters. The molecule has 1 spiro atoms. The van der Waals surface area contributed by atoms with E-state index in [1.807, 2.05) is 37.3 Å². The second kappa shape index (κ2) is 8.74. The summed E-state index contributed by atoms with van der Waals surface area (Å²) in [5.74, 6) is 2.05. The van der Waals surface area contributed by atoms with Crippen molar-refractivity contribution in [2.24, 2.45) is 0 Å². The summed E-state index contributed by atoms with van der Waals surface area (Å²) in [6, 6.07) is 11.9. The number of ether oxygens (including phenoxy) is 2. The zero-order valence-corrected chi connectivity index (χ0v) is 20.9. The predicted octanol–water partition coefficient (Wildman–Crippen LogP) is 1.58. The van der Waals surface area contributed by atoms with Crippen LogP contribution < -0.4 is 9.64 Å². The molecule has 6 heterocycles. The highest BCUT2D eigenvalue weighted by molar-refractivity contribution is 5.78. The number of piperazine rings is 1. The van der Waals surface area contributed by atoms with E-state index in [1.165, 1.54) is 0 Å². The quantitative estimate of drug-likeness (QED) is 0.436. The van der Waals surface area contributed by atoms with Crippen molar-refractivity contribution < 1.29 is 19.4 Å². The lowest BCUT2D eigenvalue weighted by atomic mass is 9.91. The van der Waals surface area contributed by atoms with Crippen LogP contribution >= 0.6 is 0 Å². The molecule has 3 aromatic heterocycles. The van der Waals surface area contributed by atoms with E-state index >= 15 is 0 Å². The number of pyridine rings is 1. The van der Waals surface area contributed by atoms with Gasteiger partial charge in [-0.2, -0.15) is 0 Å². The van der Waals surface area contributed by atoms with Crippen molar-refractivity contribution in [3.05, 3.63) is 60.2 Å². The van der Waals surface area contributed by atoms with E-state index < -0.39 is 12.1 Å². The van der Waals surface area contributed by atoms with E-state index in [4.69, 9.17) is 19.4 Å². The Morgan fingerprint density at radius 2 is 1.95 bits per heavy atom. The molecular formula is C27H27N7O4. The van der Waals surface area contributed by atoms with Crippen LogP contribution in [0.4, 0.5) is 5.95 Å². The molecule has 1 saturated heterocycles. The van der Waals surface area contributed by atoms with Gasteiger partial charge in [0.2, 0.25) is 11.9 Å². The summed E-state index contributed by atoms with van der Waals surface area (Å²) < 4.78 is 14.2. The van der Waals surface area contributed by atoms with E-state index in [9.17, 15) is 9.90 Å². The number of imidazole rings is 1. The van der Waals surface area contributed by atoms with Crippen molar-refractivity contribution in [3.8, 4) is 17.0 Å². The van der Waals surface area contributed by atoms with Crippen LogP contribution in [0.25, 0.3) is 22.4 Å². The number of aromatic nitrogens is 5. The molecule has 1 N–H and O–H groups in total. The Morgan fingerprint density at radius 1 is 1.11 bits per heavy atom. The van der Waals surface area contributed by atoms with Crippen molar-refractivity contribution in [1.29, 1.82) is 0 Å². The lowest BCUT2D eigenvalue weighted by Crippen LogP contribution is -2.55. The first-order valence-electron chi connectivity index (χ1n) is 12.7. The lowest BCUT2D eigenvalue weighted by molar-refractivity contribution is -0.136. The fourth-order valence-corrected chi connectivity index (χ4v) is 5.86. The number of aliphatic hydroxyl groups excluding tert-OH is 1. The van der Waals surface area contributed by atoms with Crippen molar-refractivity contribution in [3.63, 3.8) is 0 Å². The third-order valence-electron chi connectivity index (χ3n) is 7.73. The average molecular weight is 514 g/mol. The van der Waals surface area contributed by atoms with Gasteiger partial charge in [-0.25, -0.2) is 19.9 Å². The molecule has 0 bridgehead atoms. The molecule has 0 saturated carbocycles. The van der Waals surface area contributed by atoms with Gasteiger partial charge in [0.15, 0.2) is 5.65 Å². The van der Waals surface area contributed by atoms with Gasteiger partial charge in [0.25, 0.3) is 0 Å². The van der Waals surface area contributed by atoms with E-state index in [0.29, 0.717) is 45.4 Å². The zero-order chi connectivity index (χ0) is 25.9. The monoisotopic (exact) mass is 513 g/mol. The SMILES string of the molecule is C[C@H]1CN(c2ncc(-c3ccc4nc5n(c4n3)[C@@]3(COC5)COc4ccccc43)cn2)CCN1C(=O)CO. The van der Waals surface area contributed by atoms with E-state index in [2.05, 4.69) is 25.5 Å². The maximum Gasteiger partial charge on any atom is 0.248 e. The second-order valence-electron chi connectivity index (χ2n) is 10.0. The molecule has 0 radical (unpaired) electrons. The van der Waals surface area contributed by atoms with Gasteiger partial charge in [0.1, 0.15) is 42.5 Å². The number of aliphatic hydroxyl groups is 1. The normalized spacial score (nSPS) is 22.4. The number of carbonyl (C=O) groups is 1. The minimum atomic E-state index is -0.513.